The first-order valence-electron chi connectivity index (χ1n) is 11.9. The topological polar surface area (TPSA) is 49.4 Å². The fraction of sp³-hybridized carbons (Fsp3) is 0.310. The minimum absolute atomic E-state index is 0.0156. The van der Waals surface area contributed by atoms with Gasteiger partial charge in [-0.3, -0.25) is 9.59 Å². The van der Waals surface area contributed by atoms with Crippen LogP contribution in [0.25, 0.3) is 0 Å². The average Bonchev–Trinajstić information content (AvgIpc) is 3.39. The number of hydrogen-bond donors (Lipinski definition) is 1. The van der Waals surface area contributed by atoms with Crippen LogP contribution in [0.4, 0.5) is 5.69 Å². The van der Waals surface area contributed by atoms with E-state index in [-0.39, 0.29) is 17.7 Å². The van der Waals surface area contributed by atoms with E-state index in [1.807, 2.05) is 65.6 Å². The Balaban J connectivity index is 1.37. The van der Waals surface area contributed by atoms with Gasteiger partial charge in [0.1, 0.15) is 0 Å². The molecule has 0 aliphatic heterocycles. The van der Waals surface area contributed by atoms with Gasteiger partial charge in [-0.25, -0.2) is 0 Å². The normalized spacial score (nSPS) is 13.6. The average molecular weight is 441 g/mol. The minimum atomic E-state index is 0.0156. The molecule has 4 nitrogen and oxygen atoms in total. The molecular formula is C29H32N2O2. The van der Waals surface area contributed by atoms with Crippen molar-refractivity contribution in [1.82, 2.24) is 5.32 Å². The number of carbonyl (C=O) groups excluding carboxylic acids is 2. The largest absolute Gasteiger partial charge is 0.355 e. The lowest BCUT2D eigenvalue weighted by Gasteiger charge is -2.26. The fourth-order valence-corrected chi connectivity index (χ4v) is 4.49. The van der Waals surface area contributed by atoms with E-state index in [1.165, 1.54) is 5.56 Å². The van der Waals surface area contributed by atoms with E-state index >= 15 is 0 Å². The third kappa shape index (κ3) is 6.55. The summed E-state index contributed by atoms with van der Waals surface area (Å²) in [4.78, 5) is 27.6. The predicted molar refractivity (Wildman–Crippen MR) is 133 cm³/mol. The van der Waals surface area contributed by atoms with Crippen molar-refractivity contribution in [1.29, 1.82) is 0 Å². The Hall–Kier alpha value is -3.40. The van der Waals surface area contributed by atoms with Crippen LogP contribution in [0.2, 0.25) is 0 Å². The van der Waals surface area contributed by atoms with Crippen LogP contribution >= 0.6 is 0 Å². The Morgan fingerprint density at radius 2 is 1.36 bits per heavy atom. The molecule has 1 fully saturated rings. The summed E-state index contributed by atoms with van der Waals surface area (Å²) < 4.78 is 0. The minimum Gasteiger partial charge on any atom is -0.355 e. The highest BCUT2D eigenvalue weighted by molar-refractivity contribution is 5.95. The molecule has 1 saturated carbocycles. The molecular weight excluding hydrogens is 408 g/mol. The first-order chi connectivity index (χ1) is 16.2. The van der Waals surface area contributed by atoms with Gasteiger partial charge in [-0.1, -0.05) is 85.6 Å². The number of nitrogens with zero attached hydrogens (tertiary/aromatic N) is 1. The van der Waals surface area contributed by atoms with Crippen molar-refractivity contribution in [3.8, 4) is 0 Å². The zero-order valence-electron chi connectivity index (χ0n) is 19.1. The molecule has 4 rings (SSSR count). The molecule has 0 aromatic heterocycles. The number of amides is 2. The van der Waals surface area contributed by atoms with Crippen LogP contribution < -0.4 is 10.2 Å². The lowest BCUT2D eigenvalue weighted by molar-refractivity contribution is -0.122. The molecule has 170 valence electrons. The second-order valence-corrected chi connectivity index (χ2v) is 8.82. The number of hydrogen-bond acceptors (Lipinski definition) is 2. The highest BCUT2D eigenvalue weighted by Gasteiger charge is 2.28. The van der Waals surface area contributed by atoms with Gasteiger partial charge in [-0.2, -0.15) is 0 Å². The molecule has 2 amide bonds. The van der Waals surface area contributed by atoms with Gasteiger partial charge < -0.3 is 10.2 Å². The summed E-state index contributed by atoms with van der Waals surface area (Å²) in [5.74, 6) is 0.341. The molecule has 0 radical (unpaired) electrons. The van der Waals surface area contributed by atoms with Crippen LogP contribution in [0.1, 0.15) is 42.4 Å². The lowest BCUT2D eigenvalue weighted by Crippen LogP contribution is -2.35. The van der Waals surface area contributed by atoms with Crippen LogP contribution in [0.5, 0.6) is 0 Å². The van der Waals surface area contributed by atoms with Gasteiger partial charge in [-0.05, 0) is 48.1 Å². The van der Waals surface area contributed by atoms with Crippen molar-refractivity contribution in [2.24, 2.45) is 5.92 Å². The Kier molecular flexibility index (Phi) is 7.91. The number of rotatable bonds is 9. The van der Waals surface area contributed by atoms with Gasteiger partial charge in [0.2, 0.25) is 11.8 Å². The van der Waals surface area contributed by atoms with Crippen molar-refractivity contribution < 1.29 is 9.59 Å². The van der Waals surface area contributed by atoms with E-state index in [9.17, 15) is 9.59 Å². The number of carbonyl (C=O) groups is 2. The highest BCUT2D eigenvalue weighted by Crippen LogP contribution is 2.29. The SMILES string of the molecule is O=C(Cc1ccc(N(Cc2ccccc2)C(=O)C2CCCC2)cc1)NCCc1ccccc1. The lowest BCUT2D eigenvalue weighted by atomic mass is 10.0. The Morgan fingerprint density at radius 3 is 2.00 bits per heavy atom. The van der Waals surface area contributed by atoms with E-state index in [4.69, 9.17) is 0 Å². The first kappa shape index (κ1) is 22.8. The highest BCUT2D eigenvalue weighted by atomic mass is 16.2. The molecule has 3 aromatic carbocycles. The second-order valence-electron chi connectivity index (χ2n) is 8.82. The Morgan fingerprint density at radius 1 is 0.758 bits per heavy atom. The van der Waals surface area contributed by atoms with Crippen LogP contribution in [-0.2, 0) is 29.0 Å². The summed E-state index contributed by atoms with van der Waals surface area (Å²) in [7, 11) is 0. The zero-order valence-corrected chi connectivity index (χ0v) is 19.1. The quantitative estimate of drug-likeness (QED) is 0.490. The maximum Gasteiger partial charge on any atom is 0.230 e. The zero-order chi connectivity index (χ0) is 22.9. The van der Waals surface area contributed by atoms with E-state index in [2.05, 4.69) is 29.6 Å². The fourth-order valence-electron chi connectivity index (χ4n) is 4.49. The third-order valence-corrected chi connectivity index (χ3v) is 6.35. The molecule has 0 spiro atoms. The number of anilines is 1. The first-order valence-corrected chi connectivity index (χ1v) is 11.9. The van der Waals surface area contributed by atoms with Crippen LogP contribution in [0, 0.1) is 5.92 Å². The summed E-state index contributed by atoms with van der Waals surface area (Å²) in [6.07, 6.45) is 5.38. The molecule has 0 atom stereocenters. The summed E-state index contributed by atoms with van der Waals surface area (Å²) in [6, 6.07) is 28.2. The number of benzene rings is 3. The van der Waals surface area contributed by atoms with E-state index in [1.54, 1.807) is 0 Å². The van der Waals surface area contributed by atoms with Crippen LogP contribution in [0.15, 0.2) is 84.9 Å². The maximum atomic E-state index is 13.3. The van der Waals surface area contributed by atoms with Crippen LogP contribution in [-0.4, -0.2) is 18.4 Å². The summed E-state index contributed by atoms with van der Waals surface area (Å²) in [5.41, 5.74) is 4.17. The molecule has 33 heavy (non-hydrogen) atoms. The molecule has 1 aliphatic rings. The van der Waals surface area contributed by atoms with Gasteiger partial charge in [0, 0.05) is 18.2 Å². The smallest absolute Gasteiger partial charge is 0.230 e. The maximum absolute atomic E-state index is 13.3. The summed E-state index contributed by atoms with van der Waals surface area (Å²) >= 11 is 0. The van der Waals surface area contributed by atoms with Gasteiger partial charge in [0.05, 0.1) is 13.0 Å². The van der Waals surface area contributed by atoms with E-state index in [0.29, 0.717) is 19.5 Å². The predicted octanol–water partition coefficient (Wildman–Crippen LogP) is 5.31. The van der Waals surface area contributed by atoms with Gasteiger partial charge in [-0.15, -0.1) is 0 Å². The molecule has 0 bridgehead atoms. The molecule has 0 heterocycles. The molecule has 0 saturated heterocycles. The van der Waals surface area contributed by atoms with Gasteiger partial charge >= 0.3 is 0 Å². The van der Waals surface area contributed by atoms with Crippen molar-refractivity contribution in [2.75, 3.05) is 11.4 Å². The second kappa shape index (κ2) is 11.5. The molecule has 0 unspecified atom stereocenters. The van der Waals surface area contributed by atoms with Gasteiger partial charge in [0.25, 0.3) is 0 Å². The molecule has 1 aliphatic carbocycles. The Labute approximate surface area is 196 Å². The van der Waals surface area contributed by atoms with Crippen molar-refractivity contribution >= 4 is 17.5 Å². The van der Waals surface area contributed by atoms with E-state index < -0.39 is 0 Å². The number of nitrogens with one attached hydrogen (secondary N) is 1. The van der Waals surface area contributed by atoms with Crippen molar-refractivity contribution in [3.05, 3.63) is 102 Å². The monoisotopic (exact) mass is 440 g/mol. The third-order valence-electron chi connectivity index (χ3n) is 6.35. The summed E-state index contributed by atoms with van der Waals surface area (Å²) in [6.45, 7) is 1.19. The van der Waals surface area contributed by atoms with Crippen molar-refractivity contribution in [2.45, 2.75) is 45.1 Å². The molecule has 3 aromatic rings. The molecule has 4 heteroatoms. The van der Waals surface area contributed by atoms with E-state index in [0.717, 1.165) is 48.9 Å². The Bertz CT molecular complexity index is 1030. The standard InChI is InChI=1S/C29H32N2O2/c32-28(30-20-19-23-9-3-1-4-10-23)21-24-15-17-27(18-16-24)31(22-25-11-5-2-6-12-25)29(33)26-13-7-8-14-26/h1-6,9-12,15-18,26H,7-8,13-14,19-22H2,(H,30,32). The van der Waals surface area contributed by atoms with Gasteiger partial charge in [0.15, 0.2) is 0 Å². The molecule has 1 N–H and O–H groups in total. The van der Waals surface area contributed by atoms with Crippen molar-refractivity contribution in [3.63, 3.8) is 0 Å². The van der Waals surface area contributed by atoms with Crippen LogP contribution in [0.3, 0.4) is 0 Å². The summed E-state index contributed by atoms with van der Waals surface area (Å²) in [5, 5.41) is 3.00.